The molecular formula is C26H26F3N5O3S. The Balaban J connectivity index is 1.34. The second-order valence-corrected chi connectivity index (χ2v) is 10.6. The van der Waals surface area contributed by atoms with E-state index in [4.69, 9.17) is 0 Å². The van der Waals surface area contributed by atoms with E-state index < -0.39 is 23.6 Å². The van der Waals surface area contributed by atoms with Gasteiger partial charge in [0.25, 0.3) is 0 Å². The number of nitrogens with zero attached hydrogens (tertiary/aromatic N) is 4. The Morgan fingerprint density at radius 1 is 1.05 bits per heavy atom. The van der Waals surface area contributed by atoms with E-state index in [0.717, 1.165) is 24.7 Å². The second kappa shape index (κ2) is 10.4. The molecule has 38 heavy (non-hydrogen) atoms. The summed E-state index contributed by atoms with van der Waals surface area (Å²) in [5.74, 6) is -1.33. The number of Topliss-reactive ketones (excluding diaryl/α,β-unsaturated/α-hetero) is 1. The Bertz CT molecular complexity index is 1320. The lowest BCUT2D eigenvalue weighted by Crippen LogP contribution is -2.54. The Morgan fingerprint density at radius 3 is 2.42 bits per heavy atom. The number of hydrogen-bond donors (Lipinski definition) is 1. The van der Waals surface area contributed by atoms with Crippen molar-refractivity contribution in [2.45, 2.75) is 31.2 Å². The summed E-state index contributed by atoms with van der Waals surface area (Å²) in [6, 6.07) is 12.9. The van der Waals surface area contributed by atoms with Gasteiger partial charge in [0.05, 0.1) is 12.1 Å². The Kier molecular flexibility index (Phi) is 7.21. The molecule has 2 aromatic carbocycles. The van der Waals surface area contributed by atoms with Gasteiger partial charge in [-0.1, -0.05) is 41.7 Å². The molecule has 2 heterocycles. The second-order valence-electron chi connectivity index (χ2n) is 9.50. The van der Waals surface area contributed by atoms with Crippen LogP contribution in [0.25, 0.3) is 10.6 Å². The van der Waals surface area contributed by atoms with E-state index in [-0.39, 0.29) is 23.5 Å². The molecule has 1 N–H and O–H groups in total. The maximum Gasteiger partial charge on any atom is 0.573 e. The van der Waals surface area contributed by atoms with Crippen LogP contribution >= 0.6 is 11.3 Å². The minimum Gasteiger partial charge on any atom is -0.404 e. The summed E-state index contributed by atoms with van der Waals surface area (Å²) in [5, 5.41) is 12.0. The number of carbonyl (C=O) groups is 2. The van der Waals surface area contributed by atoms with Crippen molar-refractivity contribution in [3.8, 4) is 16.3 Å². The topological polar surface area (TPSA) is 87.7 Å². The number of rotatable bonds is 8. The third kappa shape index (κ3) is 5.87. The van der Waals surface area contributed by atoms with E-state index in [1.807, 2.05) is 37.4 Å². The van der Waals surface area contributed by atoms with Gasteiger partial charge < -0.3 is 15.0 Å². The minimum absolute atomic E-state index is 0.0808. The maximum absolute atomic E-state index is 13.3. The molecule has 12 heteroatoms. The highest BCUT2D eigenvalue weighted by molar-refractivity contribution is 7.14. The fraction of sp³-hybridized carbons (Fsp3) is 0.385. The summed E-state index contributed by atoms with van der Waals surface area (Å²) in [5.41, 5.74) is 0.0604. The van der Waals surface area contributed by atoms with Crippen LogP contribution in [0.1, 0.15) is 28.2 Å². The van der Waals surface area contributed by atoms with Gasteiger partial charge in [0.1, 0.15) is 15.6 Å². The summed E-state index contributed by atoms with van der Waals surface area (Å²) in [6.45, 7) is 3.00. The van der Waals surface area contributed by atoms with Crippen molar-refractivity contribution in [1.82, 2.24) is 20.0 Å². The third-order valence-corrected chi connectivity index (χ3v) is 7.80. The van der Waals surface area contributed by atoms with Gasteiger partial charge in [0.15, 0.2) is 11.5 Å². The van der Waals surface area contributed by atoms with Crippen molar-refractivity contribution in [3.05, 3.63) is 59.1 Å². The lowest BCUT2D eigenvalue weighted by Gasteiger charge is -2.37. The number of benzene rings is 2. The number of amides is 1. The molecule has 1 saturated heterocycles. The smallest absolute Gasteiger partial charge is 0.404 e. The molecule has 1 amide bonds. The van der Waals surface area contributed by atoms with Crippen molar-refractivity contribution >= 4 is 28.7 Å². The molecule has 0 unspecified atom stereocenters. The van der Waals surface area contributed by atoms with Crippen LogP contribution in [0.3, 0.4) is 0 Å². The van der Waals surface area contributed by atoms with Crippen LogP contribution < -0.4 is 10.1 Å². The van der Waals surface area contributed by atoms with Gasteiger partial charge in [-0.05, 0) is 38.1 Å². The number of ether oxygens (including phenoxy) is 1. The van der Waals surface area contributed by atoms with Crippen LogP contribution in [-0.4, -0.2) is 76.8 Å². The van der Waals surface area contributed by atoms with E-state index >= 15 is 0 Å². The normalized spacial score (nSPS) is 17.7. The van der Waals surface area contributed by atoms with Gasteiger partial charge in [-0.2, -0.15) is 0 Å². The Morgan fingerprint density at radius 2 is 1.76 bits per heavy atom. The minimum atomic E-state index is -4.96. The van der Waals surface area contributed by atoms with E-state index in [9.17, 15) is 22.8 Å². The predicted molar refractivity (Wildman–Crippen MR) is 136 cm³/mol. The standard InChI is InChI=1S/C26H26F3N5O3S/c1-33-11-13-34(14-12-33)25(9-10-25)24(36)30-19-15-18(7-8-21(19)37-26(27,28)29)20(35)16-22-31-32-23(38-22)17-5-3-2-4-6-17/h2-8,15H,9-14,16H2,1H3,(H,30,36). The van der Waals surface area contributed by atoms with Crippen LogP contribution in [0, 0.1) is 0 Å². The van der Waals surface area contributed by atoms with Gasteiger partial charge in [-0.25, -0.2) is 0 Å². The average molecular weight is 546 g/mol. The number of anilines is 1. The number of nitrogens with one attached hydrogen (secondary N) is 1. The molecule has 200 valence electrons. The maximum atomic E-state index is 13.3. The van der Waals surface area contributed by atoms with Crippen molar-refractivity contribution in [2.75, 3.05) is 38.5 Å². The first-order chi connectivity index (χ1) is 18.1. The fourth-order valence-corrected chi connectivity index (χ4v) is 5.40. The molecule has 3 aromatic rings. The van der Waals surface area contributed by atoms with Crippen molar-refractivity contribution in [1.29, 1.82) is 0 Å². The molecule has 0 spiro atoms. The molecular weight excluding hydrogens is 519 g/mol. The number of halogens is 3. The van der Waals surface area contributed by atoms with Gasteiger partial charge in [-0.3, -0.25) is 14.5 Å². The lowest BCUT2D eigenvalue weighted by atomic mass is 10.1. The molecule has 8 nitrogen and oxygen atoms in total. The highest BCUT2D eigenvalue weighted by atomic mass is 32.1. The molecule has 0 atom stereocenters. The summed E-state index contributed by atoms with van der Waals surface area (Å²) in [4.78, 5) is 30.6. The molecule has 1 aromatic heterocycles. The number of piperazine rings is 1. The Labute approximate surface area is 221 Å². The van der Waals surface area contributed by atoms with Gasteiger partial charge in [0.2, 0.25) is 5.91 Å². The molecule has 2 aliphatic rings. The fourth-order valence-electron chi connectivity index (χ4n) is 4.56. The molecule has 2 fully saturated rings. The monoisotopic (exact) mass is 545 g/mol. The van der Waals surface area contributed by atoms with Gasteiger partial charge in [0, 0.05) is 37.3 Å². The summed E-state index contributed by atoms with van der Waals surface area (Å²) in [6.07, 6.45) is -3.79. The van der Waals surface area contributed by atoms with Gasteiger partial charge >= 0.3 is 6.36 Å². The summed E-state index contributed by atoms with van der Waals surface area (Å²) < 4.78 is 43.4. The molecule has 0 bridgehead atoms. The number of alkyl halides is 3. The first-order valence-corrected chi connectivity index (χ1v) is 13.0. The molecule has 0 radical (unpaired) electrons. The highest BCUT2D eigenvalue weighted by Gasteiger charge is 2.55. The van der Waals surface area contributed by atoms with Crippen LogP contribution in [0.4, 0.5) is 18.9 Å². The van der Waals surface area contributed by atoms with Crippen LogP contribution in [0.5, 0.6) is 5.75 Å². The zero-order valence-electron chi connectivity index (χ0n) is 20.6. The van der Waals surface area contributed by atoms with Crippen LogP contribution in [0.2, 0.25) is 0 Å². The summed E-state index contributed by atoms with van der Waals surface area (Å²) in [7, 11) is 2.00. The van der Waals surface area contributed by atoms with E-state index in [1.165, 1.54) is 23.5 Å². The van der Waals surface area contributed by atoms with Crippen molar-refractivity contribution in [2.24, 2.45) is 0 Å². The first kappa shape index (κ1) is 26.3. The van der Waals surface area contributed by atoms with Crippen LogP contribution in [-0.2, 0) is 11.2 Å². The number of likely N-dealkylation sites (N-methyl/N-ethyl adjacent to an activating group) is 1. The first-order valence-electron chi connectivity index (χ1n) is 12.2. The van der Waals surface area contributed by atoms with Crippen LogP contribution in [0.15, 0.2) is 48.5 Å². The number of hydrogen-bond acceptors (Lipinski definition) is 8. The molecule has 1 saturated carbocycles. The molecule has 1 aliphatic heterocycles. The predicted octanol–water partition coefficient (Wildman–Crippen LogP) is 4.25. The highest BCUT2D eigenvalue weighted by Crippen LogP contribution is 2.44. The zero-order chi connectivity index (χ0) is 26.9. The number of ketones is 1. The van der Waals surface area contributed by atoms with E-state index in [2.05, 4.69) is 30.1 Å². The third-order valence-electron chi connectivity index (χ3n) is 6.83. The van der Waals surface area contributed by atoms with Crippen molar-refractivity contribution < 1.29 is 27.5 Å². The Hall–Kier alpha value is -3.35. The van der Waals surface area contributed by atoms with Gasteiger partial charge in [-0.15, -0.1) is 23.4 Å². The largest absolute Gasteiger partial charge is 0.573 e. The molecule has 5 rings (SSSR count). The van der Waals surface area contributed by atoms with Crippen molar-refractivity contribution in [3.63, 3.8) is 0 Å². The number of carbonyl (C=O) groups excluding carboxylic acids is 2. The summed E-state index contributed by atoms with van der Waals surface area (Å²) >= 11 is 1.27. The molecule has 1 aliphatic carbocycles. The SMILES string of the molecule is CN1CCN(C2(C(=O)Nc3cc(C(=O)Cc4nnc(-c5ccccc5)s4)ccc3OC(F)(F)F)CC2)CC1. The lowest BCUT2D eigenvalue weighted by molar-refractivity contribution is -0.274. The average Bonchev–Trinajstić information content (AvgIpc) is 3.57. The zero-order valence-corrected chi connectivity index (χ0v) is 21.4. The number of aromatic nitrogens is 2. The van der Waals surface area contributed by atoms with E-state index in [1.54, 1.807) is 0 Å². The quantitative estimate of drug-likeness (QED) is 0.424. The van der Waals surface area contributed by atoms with E-state index in [0.29, 0.717) is 35.9 Å².